The van der Waals surface area contributed by atoms with Crippen molar-refractivity contribution in [2.75, 3.05) is 19.6 Å². The van der Waals surface area contributed by atoms with Gasteiger partial charge in [0.15, 0.2) is 0 Å². The second kappa shape index (κ2) is 9.03. The highest BCUT2D eigenvalue weighted by Gasteiger charge is 2.32. The van der Waals surface area contributed by atoms with Gasteiger partial charge in [-0.15, -0.1) is 5.06 Å². The van der Waals surface area contributed by atoms with Crippen LogP contribution in [0.5, 0.6) is 0 Å². The molecule has 1 aromatic carbocycles. The van der Waals surface area contributed by atoms with Gasteiger partial charge in [-0.05, 0) is 52.2 Å². The van der Waals surface area contributed by atoms with Crippen LogP contribution in [-0.4, -0.2) is 53.3 Å². The number of hydrogen-bond donors (Lipinski definition) is 0. The van der Waals surface area contributed by atoms with Gasteiger partial charge in [-0.2, -0.15) is 0 Å². The van der Waals surface area contributed by atoms with Crippen LogP contribution in [0.25, 0.3) is 0 Å². The first-order valence-corrected chi connectivity index (χ1v) is 9.32. The molecule has 1 aromatic rings. The molecule has 0 bridgehead atoms. The Kier molecular flexibility index (Phi) is 7.03. The van der Waals surface area contributed by atoms with Gasteiger partial charge >= 0.3 is 12.1 Å². The molecule has 1 fully saturated rings. The molecule has 1 heterocycles. The quantitative estimate of drug-likeness (QED) is 0.796. The first-order valence-electron chi connectivity index (χ1n) is 9.32. The number of benzene rings is 1. The molecule has 1 amide bonds. The Morgan fingerprint density at radius 1 is 1.23 bits per heavy atom. The Bertz CT molecular complexity index is 598. The summed E-state index contributed by atoms with van der Waals surface area (Å²) in [6.07, 6.45) is 2.27. The van der Waals surface area contributed by atoms with E-state index in [1.165, 1.54) is 0 Å². The molecule has 26 heavy (non-hydrogen) atoms. The van der Waals surface area contributed by atoms with E-state index in [9.17, 15) is 9.59 Å². The van der Waals surface area contributed by atoms with E-state index in [0.717, 1.165) is 19.3 Å². The van der Waals surface area contributed by atoms with E-state index in [4.69, 9.17) is 9.57 Å². The van der Waals surface area contributed by atoms with Gasteiger partial charge in [0, 0.05) is 13.1 Å². The number of piperidine rings is 1. The maximum atomic E-state index is 12.6. The highest BCUT2D eigenvalue weighted by Crippen LogP contribution is 2.20. The van der Waals surface area contributed by atoms with E-state index >= 15 is 0 Å². The van der Waals surface area contributed by atoms with Crippen molar-refractivity contribution in [2.45, 2.75) is 58.6 Å². The fraction of sp³-hybridized carbons (Fsp3) is 0.600. The SMILES string of the molecule is CCCN(C(=O)OC(C)(C)C)C1CCCN(OC(=O)c2ccccc2)C1. The van der Waals surface area contributed by atoms with Crippen LogP contribution in [0.4, 0.5) is 4.79 Å². The minimum Gasteiger partial charge on any atom is -0.444 e. The fourth-order valence-corrected chi connectivity index (χ4v) is 2.99. The van der Waals surface area contributed by atoms with E-state index in [-0.39, 0.29) is 18.1 Å². The van der Waals surface area contributed by atoms with Crippen molar-refractivity contribution >= 4 is 12.1 Å². The summed E-state index contributed by atoms with van der Waals surface area (Å²) in [5, 5.41) is 1.66. The van der Waals surface area contributed by atoms with Gasteiger partial charge in [-0.25, -0.2) is 9.59 Å². The van der Waals surface area contributed by atoms with Gasteiger partial charge < -0.3 is 14.5 Å². The maximum Gasteiger partial charge on any atom is 0.410 e. The van der Waals surface area contributed by atoms with E-state index < -0.39 is 5.60 Å². The molecular weight excluding hydrogens is 332 g/mol. The lowest BCUT2D eigenvalue weighted by molar-refractivity contribution is -0.133. The average molecular weight is 362 g/mol. The highest BCUT2D eigenvalue weighted by molar-refractivity contribution is 5.89. The Morgan fingerprint density at radius 3 is 2.54 bits per heavy atom. The summed E-state index contributed by atoms with van der Waals surface area (Å²) in [7, 11) is 0. The second-order valence-electron chi connectivity index (χ2n) is 7.60. The van der Waals surface area contributed by atoms with Crippen LogP contribution in [-0.2, 0) is 9.57 Å². The lowest BCUT2D eigenvalue weighted by Gasteiger charge is -2.38. The fourth-order valence-electron chi connectivity index (χ4n) is 2.99. The summed E-state index contributed by atoms with van der Waals surface area (Å²) in [5.41, 5.74) is -0.0100. The van der Waals surface area contributed by atoms with Crippen molar-refractivity contribution in [3.05, 3.63) is 35.9 Å². The first kappa shape index (κ1) is 20.2. The van der Waals surface area contributed by atoms with Crippen LogP contribution in [0.15, 0.2) is 30.3 Å². The van der Waals surface area contributed by atoms with Gasteiger partial charge in [0.2, 0.25) is 0 Å². The summed E-state index contributed by atoms with van der Waals surface area (Å²) in [4.78, 5) is 32.1. The highest BCUT2D eigenvalue weighted by atomic mass is 16.7. The van der Waals surface area contributed by atoms with Gasteiger partial charge in [-0.1, -0.05) is 25.1 Å². The number of amides is 1. The van der Waals surface area contributed by atoms with E-state index in [0.29, 0.717) is 25.2 Å². The normalized spacial score (nSPS) is 18.2. The van der Waals surface area contributed by atoms with Crippen molar-refractivity contribution in [1.29, 1.82) is 0 Å². The van der Waals surface area contributed by atoms with E-state index in [1.807, 2.05) is 33.8 Å². The lowest BCUT2D eigenvalue weighted by atomic mass is 10.1. The maximum absolute atomic E-state index is 12.6. The van der Waals surface area contributed by atoms with E-state index in [1.54, 1.807) is 34.2 Å². The summed E-state index contributed by atoms with van der Waals surface area (Å²) in [5.74, 6) is -0.370. The van der Waals surface area contributed by atoms with Crippen molar-refractivity contribution in [2.24, 2.45) is 0 Å². The molecule has 6 nitrogen and oxygen atoms in total. The van der Waals surface area contributed by atoms with Crippen molar-refractivity contribution in [3.63, 3.8) is 0 Å². The number of carbonyl (C=O) groups is 2. The Labute approximate surface area is 156 Å². The Balaban J connectivity index is 2.00. The number of nitrogens with zero attached hydrogens (tertiary/aromatic N) is 2. The zero-order valence-corrected chi connectivity index (χ0v) is 16.2. The molecular formula is C20H30N2O4. The molecule has 0 N–H and O–H groups in total. The number of hydroxylamine groups is 2. The topological polar surface area (TPSA) is 59.1 Å². The van der Waals surface area contributed by atoms with Gasteiger partial charge in [0.05, 0.1) is 18.2 Å². The monoisotopic (exact) mass is 362 g/mol. The van der Waals surface area contributed by atoms with Crippen molar-refractivity contribution in [3.8, 4) is 0 Å². The molecule has 1 aliphatic heterocycles. The van der Waals surface area contributed by atoms with Gasteiger partial charge in [0.1, 0.15) is 5.60 Å². The summed E-state index contributed by atoms with van der Waals surface area (Å²) < 4.78 is 5.55. The van der Waals surface area contributed by atoms with Crippen LogP contribution < -0.4 is 0 Å². The van der Waals surface area contributed by atoms with Crippen LogP contribution >= 0.6 is 0 Å². The number of carbonyl (C=O) groups excluding carboxylic acids is 2. The predicted octanol–water partition coefficient (Wildman–Crippen LogP) is 3.87. The Hall–Kier alpha value is -2.08. The summed E-state index contributed by atoms with van der Waals surface area (Å²) >= 11 is 0. The van der Waals surface area contributed by atoms with Crippen LogP contribution in [0.1, 0.15) is 57.3 Å². The predicted molar refractivity (Wildman–Crippen MR) is 99.7 cm³/mol. The first-order chi connectivity index (χ1) is 12.3. The lowest BCUT2D eigenvalue weighted by Crippen LogP contribution is -2.51. The number of rotatable bonds is 5. The minimum atomic E-state index is -0.531. The zero-order chi connectivity index (χ0) is 19.2. The summed E-state index contributed by atoms with van der Waals surface area (Å²) in [6, 6.07) is 8.91. The molecule has 1 aliphatic rings. The number of ether oxygens (including phenoxy) is 1. The molecule has 0 spiro atoms. The molecule has 0 saturated carbocycles. The molecule has 2 rings (SSSR count). The standard InChI is InChI=1S/C20H30N2O4/c1-5-13-22(19(24)25-20(2,3)4)17-12-9-14-21(15-17)26-18(23)16-10-7-6-8-11-16/h6-8,10-11,17H,5,9,12-15H2,1-4H3. The minimum absolute atomic E-state index is 0.0258. The van der Waals surface area contributed by atoms with Gasteiger partial charge in [-0.3, -0.25) is 0 Å². The van der Waals surface area contributed by atoms with Crippen LogP contribution in [0, 0.1) is 0 Å². The smallest absolute Gasteiger partial charge is 0.410 e. The molecule has 1 saturated heterocycles. The average Bonchev–Trinajstić information content (AvgIpc) is 2.59. The van der Waals surface area contributed by atoms with Gasteiger partial charge in [0.25, 0.3) is 0 Å². The molecule has 1 unspecified atom stereocenters. The summed E-state index contributed by atoms with van der Waals surface area (Å²) in [6.45, 7) is 9.42. The van der Waals surface area contributed by atoms with Crippen LogP contribution in [0.2, 0.25) is 0 Å². The third kappa shape index (κ3) is 6.02. The molecule has 144 valence electrons. The largest absolute Gasteiger partial charge is 0.444 e. The molecule has 1 atom stereocenters. The second-order valence-corrected chi connectivity index (χ2v) is 7.60. The number of hydrogen-bond acceptors (Lipinski definition) is 5. The van der Waals surface area contributed by atoms with Crippen molar-refractivity contribution < 1.29 is 19.2 Å². The third-order valence-corrected chi connectivity index (χ3v) is 4.11. The van der Waals surface area contributed by atoms with Crippen molar-refractivity contribution in [1.82, 2.24) is 9.96 Å². The zero-order valence-electron chi connectivity index (χ0n) is 16.2. The molecule has 0 radical (unpaired) electrons. The molecule has 6 heteroatoms. The van der Waals surface area contributed by atoms with E-state index in [2.05, 4.69) is 0 Å². The molecule has 0 aromatic heterocycles. The molecule has 0 aliphatic carbocycles. The third-order valence-electron chi connectivity index (χ3n) is 4.11. The Morgan fingerprint density at radius 2 is 1.92 bits per heavy atom. The van der Waals surface area contributed by atoms with Crippen LogP contribution in [0.3, 0.4) is 0 Å².